The summed E-state index contributed by atoms with van der Waals surface area (Å²) in [4.78, 5) is 15.1. The number of rotatable bonds is 4. The summed E-state index contributed by atoms with van der Waals surface area (Å²) >= 11 is 6.05. The Morgan fingerprint density at radius 2 is 1.71 bits per heavy atom. The van der Waals surface area contributed by atoms with Gasteiger partial charge in [0.1, 0.15) is 17.7 Å². The Hall–Kier alpha value is -3.18. The minimum Gasteiger partial charge on any atom is -0.497 e. The SMILES string of the molecule is COc1ccc([C@@H]2Nc3ccccc3C(=O)N2c2ccc(Cl)cc2)c(OC)c1. The molecule has 3 aromatic carbocycles. The van der Waals surface area contributed by atoms with Crippen LogP contribution >= 0.6 is 11.6 Å². The monoisotopic (exact) mass is 394 g/mol. The van der Waals surface area contributed by atoms with E-state index in [1.165, 1.54) is 0 Å². The quantitative estimate of drug-likeness (QED) is 0.666. The van der Waals surface area contributed by atoms with Crippen LogP contribution < -0.4 is 19.7 Å². The lowest BCUT2D eigenvalue weighted by Crippen LogP contribution is -2.43. The number of anilines is 2. The van der Waals surface area contributed by atoms with Crippen LogP contribution in [-0.2, 0) is 0 Å². The molecule has 6 heteroatoms. The van der Waals surface area contributed by atoms with Gasteiger partial charge in [-0.3, -0.25) is 9.69 Å². The van der Waals surface area contributed by atoms with Gasteiger partial charge in [-0.05, 0) is 48.5 Å². The maximum Gasteiger partial charge on any atom is 0.262 e. The Labute approximate surface area is 168 Å². The standard InChI is InChI=1S/C22H19ClN2O3/c1-27-16-11-12-18(20(13-16)28-2)21-24-19-6-4-3-5-17(19)22(26)25(21)15-9-7-14(23)8-10-15/h3-13,21,24H,1-2H3/t21-/m1/s1. The van der Waals surface area contributed by atoms with Gasteiger partial charge < -0.3 is 14.8 Å². The highest BCUT2D eigenvalue weighted by Crippen LogP contribution is 2.40. The van der Waals surface area contributed by atoms with Crippen LogP contribution in [-0.4, -0.2) is 20.1 Å². The number of nitrogens with one attached hydrogen (secondary N) is 1. The first-order chi connectivity index (χ1) is 13.6. The van der Waals surface area contributed by atoms with E-state index in [1.807, 2.05) is 54.6 Å². The molecular weight excluding hydrogens is 376 g/mol. The number of hydrogen-bond donors (Lipinski definition) is 1. The van der Waals surface area contributed by atoms with Crippen LogP contribution in [0.25, 0.3) is 0 Å². The Morgan fingerprint density at radius 1 is 0.964 bits per heavy atom. The van der Waals surface area contributed by atoms with E-state index in [-0.39, 0.29) is 5.91 Å². The van der Waals surface area contributed by atoms with Crippen LogP contribution in [0.2, 0.25) is 5.02 Å². The Morgan fingerprint density at radius 3 is 2.43 bits per heavy atom. The molecule has 0 saturated carbocycles. The third kappa shape index (κ3) is 3.14. The van der Waals surface area contributed by atoms with Crippen molar-refractivity contribution in [2.45, 2.75) is 6.17 Å². The van der Waals surface area contributed by atoms with Gasteiger partial charge in [-0.2, -0.15) is 0 Å². The van der Waals surface area contributed by atoms with Crippen LogP contribution in [0.1, 0.15) is 22.1 Å². The van der Waals surface area contributed by atoms with E-state index >= 15 is 0 Å². The summed E-state index contributed by atoms with van der Waals surface area (Å²) < 4.78 is 10.9. The molecule has 1 atom stereocenters. The van der Waals surface area contributed by atoms with E-state index < -0.39 is 6.17 Å². The second kappa shape index (κ2) is 7.44. The number of nitrogens with zero attached hydrogens (tertiary/aromatic N) is 1. The molecule has 3 aromatic rings. The van der Waals surface area contributed by atoms with Crippen molar-refractivity contribution in [1.29, 1.82) is 0 Å². The molecule has 0 aromatic heterocycles. The highest BCUT2D eigenvalue weighted by molar-refractivity contribution is 6.30. The summed E-state index contributed by atoms with van der Waals surface area (Å²) in [5.41, 5.74) is 2.95. The van der Waals surface area contributed by atoms with Gasteiger partial charge in [0, 0.05) is 28.0 Å². The number of benzene rings is 3. The molecule has 0 saturated heterocycles. The molecule has 0 fully saturated rings. The zero-order valence-electron chi connectivity index (χ0n) is 15.5. The fourth-order valence-corrected chi connectivity index (χ4v) is 3.51. The summed E-state index contributed by atoms with van der Waals surface area (Å²) in [6, 6.07) is 20.2. The maximum atomic E-state index is 13.4. The minimum absolute atomic E-state index is 0.0976. The number of halogens is 1. The highest BCUT2D eigenvalue weighted by Gasteiger charge is 2.35. The van der Waals surface area contributed by atoms with Crippen LogP contribution in [0.3, 0.4) is 0 Å². The average Bonchev–Trinajstić information content (AvgIpc) is 2.74. The topological polar surface area (TPSA) is 50.8 Å². The first-order valence-corrected chi connectivity index (χ1v) is 9.17. The molecule has 5 nitrogen and oxygen atoms in total. The molecule has 0 bridgehead atoms. The molecule has 142 valence electrons. The molecule has 0 spiro atoms. The Kier molecular flexibility index (Phi) is 4.84. The van der Waals surface area contributed by atoms with Gasteiger partial charge in [0.05, 0.1) is 19.8 Å². The minimum atomic E-state index is -0.454. The molecule has 0 aliphatic carbocycles. The summed E-state index contributed by atoms with van der Waals surface area (Å²) in [5.74, 6) is 1.21. The molecule has 1 aliphatic heterocycles. The number of methoxy groups -OCH3 is 2. The predicted molar refractivity (Wildman–Crippen MR) is 111 cm³/mol. The van der Waals surface area contributed by atoms with Crippen molar-refractivity contribution in [3.63, 3.8) is 0 Å². The van der Waals surface area contributed by atoms with E-state index in [4.69, 9.17) is 21.1 Å². The van der Waals surface area contributed by atoms with Gasteiger partial charge in [0.2, 0.25) is 0 Å². The van der Waals surface area contributed by atoms with E-state index in [0.717, 1.165) is 16.9 Å². The number of hydrogen-bond acceptors (Lipinski definition) is 4. The van der Waals surface area contributed by atoms with Gasteiger partial charge in [-0.25, -0.2) is 0 Å². The van der Waals surface area contributed by atoms with Crippen molar-refractivity contribution >= 4 is 28.9 Å². The first-order valence-electron chi connectivity index (χ1n) is 8.79. The molecule has 0 unspecified atom stereocenters. The van der Waals surface area contributed by atoms with Gasteiger partial charge in [0.15, 0.2) is 0 Å². The molecular formula is C22H19ClN2O3. The molecule has 1 N–H and O–H groups in total. The van der Waals surface area contributed by atoms with E-state index in [1.54, 1.807) is 31.3 Å². The highest BCUT2D eigenvalue weighted by atomic mass is 35.5. The average molecular weight is 395 g/mol. The van der Waals surface area contributed by atoms with Crippen molar-refractivity contribution in [2.75, 3.05) is 24.4 Å². The zero-order valence-corrected chi connectivity index (χ0v) is 16.2. The fraction of sp³-hybridized carbons (Fsp3) is 0.136. The van der Waals surface area contributed by atoms with E-state index in [9.17, 15) is 4.79 Å². The summed E-state index contributed by atoms with van der Waals surface area (Å²) in [6.45, 7) is 0. The van der Waals surface area contributed by atoms with Crippen molar-refractivity contribution in [3.8, 4) is 11.5 Å². The van der Waals surface area contributed by atoms with Gasteiger partial charge in [0.25, 0.3) is 5.91 Å². The first kappa shape index (κ1) is 18.2. The molecule has 1 amide bonds. The van der Waals surface area contributed by atoms with Crippen molar-refractivity contribution < 1.29 is 14.3 Å². The second-order valence-electron chi connectivity index (χ2n) is 6.35. The number of amides is 1. The molecule has 0 radical (unpaired) electrons. The summed E-state index contributed by atoms with van der Waals surface area (Å²) in [7, 11) is 3.20. The van der Waals surface area contributed by atoms with Gasteiger partial charge in [-0.1, -0.05) is 23.7 Å². The molecule has 4 rings (SSSR count). The molecule has 28 heavy (non-hydrogen) atoms. The summed E-state index contributed by atoms with van der Waals surface area (Å²) in [5, 5.41) is 4.08. The Balaban J connectivity index is 1.88. The lowest BCUT2D eigenvalue weighted by Gasteiger charge is -2.38. The fourth-order valence-electron chi connectivity index (χ4n) is 3.38. The summed E-state index contributed by atoms with van der Waals surface area (Å²) in [6.07, 6.45) is -0.454. The third-order valence-corrected chi connectivity index (χ3v) is 5.02. The third-order valence-electron chi connectivity index (χ3n) is 4.77. The number of carbonyl (C=O) groups excluding carboxylic acids is 1. The zero-order chi connectivity index (χ0) is 19.7. The number of fused-ring (bicyclic) bond motifs is 1. The van der Waals surface area contributed by atoms with Gasteiger partial charge >= 0.3 is 0 Å². The van der Waals surface area contributed by atoms with Crippen LogP contribution in [0.15, 0.2) is 66.7 Å². The van der Waals surface area contributed by atoms with Gasteiger partial charge in [-0.15, -0.1) is 0 Å². The van der Waals surface area contributed by atoms with Crippen LogP contribution in [0.5, 0.6) is 11.5 Å². The van der Waals surface area contributed by atoms with E-state index in [2.05, 4.69) is 5.32 Å². The lowest BCUT2D eigenvalue weighted by molar-refractivity contribution is 0.0974. The van der Waals surface area contributed by atoms with Crippen LogP contribution in [0, 0.1) is 0 Å². The second-order valence-corrected chi connectivity index (χ2v) is 6.79. The normalized spacial score (nSPS) is 15.6. The van der Waals surface area contributed by atoms with Crippen molar-refractivity contribution in [2.24, 2.45) is 0 Å². The number of para-hydroxylation sites is 1. The smallest absolute Gasteiger partial charge is 0.262 e. The number of ether oxygens (including phenoxy) is 2. The lowest BCUT2D eigenvalue weighted by atomic mass is 10.0. The Bertz CT molecular complexity index is 1020. The van der Waals surface area contributed by atoms with Crippen LogP contribution in [0.4, 0.5) is 11.4 Å². The van der Waals surface area contributed by atoms with Crippen molar-refractivity contribution in [3.05, 3.63) is 82.9 Å². The van der Waals surface area contributed by atoms with E-state index in [0.29, 0.717) is 22.1 Å². The van der Waals surface area contributed by atoms with Crippen molar-refractivity contribution in [1.82, 2.24) is 0 Å². The number of carbonyl (C=O) groups is 1. The molecule has 1 aliphatic rings. The maximum absolute atomic E-state index is 13.4. The molecule has 1 heterocycles. The predicted octanol–water partition coefficient (Wildman–Crippen LogP) is 5.13. The largest absolute Gasteiger partial charge is 0.497 e.